The van der Waals surface area contributed by atoms with Gasteiger partial charge < -0.3 is 0 Å². The average Bonchev–Trinajstić information content (AvgIpc) is 2.51. The van der Waals surface area contributed by atoms with Crippen LogP contribution < -0.4 is 0 Å². The van der Waals surface area contributed by atoms with Crippen LogP contribution in [0, 0.1) is 10.1 Å². The van der Waals surface area contributed by atoms with Crippen LogP contribution in [-0.2, 0) is 0 Å². The second-order valence-electron chi connectivity index (χ2n) is 4.78. The van der Waals surface area contributed by atoms with Crippen molar-refractivity contribution in [2.45, 2.75) is 4.90 Å². The number of thioether (sulfide) groups is 1. The Kier molecular flexibility index (Phi) is 4.00. The van der Waals surface area contributed by atoms with Gasteiger partial charge in [0.05, 0.1) is 4.92 Å². The van der Waals surface area contributed by atoms with Gasteiger partial charge in [0.25, 0.3) is 5.69 Å². The first-order valence-electron chi connectivity index (χ1n) is 6.46. The third kappa shape index (κ3) is 2.91. The maximum Gasteiger partial charge on any atom is 0.269 e. The van der Waals surface area contributed by atoms with E-state index in [-0.39, 0.29) is 11.5 Å². The number of ketones is 1. The summed E-state index contributed by atoms with van der Waals surface area (Å²) in [7, 11) is 0. The van der Waals surface area contributed by atoms with E-state index >= 15 is 0 Å². The summed E-state index contributed by atoms with van der Waals surface area (Å²) < 4.78 is 0. The van der Waals surface area contributed by atoms with E-state index in [0.29, 0.717) is 21.9 Å². The molecule has 0 spiro atoms. The maximum atomic E-state index is 12.5. The minimum absolute atomic E-state index is 0.0311. The van der Waals surface area contributed by atoms with Crippen LogP contribution in [0.2, 0.25) is 5.02 Å². The maximum absolute atomic E-state index is 12.5. The van der Waals surface area contributed by atoms with Crippen molar-refractivity contribution in [1.82, 2.24) is 0 Å². The Morgan fingerprint density at radius 1 is 1.18 bits per heavy atom. The number of carbonyl (C=O) groups excluding carboxylic acids is 1. The zero-order valence-electron chi connectivity index (χ0n) is 11.3. The summed E-state index contributed by atoms with van der Waals surface area (Å²) in [6.45, 7) is 0. The highest BCUT2D eigenvalue weighted by atomic mass is 35.5. The molecule has 0 saturated heterocycles. The molecule has 0 atom stereocenters. The van der Waals surface area contributed by atoms with Crippen molar-refractivity contribution in [3.05, 3.63) is 74.3 Å². The van der Waals surface area contributed by atoms with Crippen LogP contribution in [-0.4, -0.2) is 16.5 Å². The SMILES string of the molecule is O=C1/C(=C/c2ccc([N+](=O)[O-])cc2)CSc2ccc(Cl)cc21. The van der Waals surface area contributed by atoms with Gasteiger partial charge in [-0.2, -0.15) is 0 Å². The second kappa shape index (κ2) is 5.94. The molecular weight excluding hydrogens is 322 g/mol. The molecule has 4 nitrogen and oxygen atoms in total. The Morgan fingerprint density at radius 2 is 1.91 bits per heavy atom. The predicted molar refractivity (Wildman–Crippen MR) is 87.6 cm³/mol. The molecule has 0 N–H and O–H groups in total. The van der Waals surface area contributed by atoms with E-state index in [2.05, 4.69) is 0 Å². The minimum atomic E-state index is -0.448. The minimum Gasteiger partial charge on any atom is -0.289 e. The van der Waals surface area contributed by atoms with Crippen molar-refractivity contribution in [3.63, 3.8) is 0 Å². The summed E-state index contributed by atoms with van der Waals surface area (Å²) in [6, 6.07) is 11.4. The van der Waals surface area contributed by atoms with Crippen LogP contribution in [0.1, 0.15) is 15.9 Å². The van der Waals surface area contributed by atoms with Crippen LogP contribution in [0.4, 0.5) is 5.69 Å². The normalized spacial score (nSPS) is 15.7. The zero-order valence-corrected chi connectivity index (χ0v) is 12.9. The van der Waals surface area contributed by atoms with Crippen LogP contribution in [0.25, 0.3) is 6.08 Å². The Morgan fingerprint density at radius 3 is 2.59 bits per heavy atom. The number of nitro benzene ring substituents is 1. The highest BCUT2D eigenvalue weighted by Gasteiger charge is 2.22. The van der Waals surface area contributed by atoms with Gasteiger partial charge in [-0.05, 0) is 42.0 Å². The van der Waals surface area contributed by atoms with Crippen molar-refractivity contribution in [2.75, 3.05) is 5.75 Å². The topological polar surface area (TPSA) is 60.2 Å². The number of carbonyl (C=O) groups is 1. The molecule has 22 heavy (non-hydrogen) atoms. The number of hydrogen-bond acceptors (Lipinski definition) is 4. The lowest BCUT2D eigenvalue weighted by Crippen LogP contribution is -2.12. The van der Waals surface area contributed by atoms with Gasteiger partial charge in [0.2, 0.25) is 0 Å². The number of nitro groups is 1. The molecular formula is C16H10ClNO3S. The van der Waals surface area contributed by atoms with Crippen LogP contribution >= 0.6 is 23.4 Å². The van der Waals surface area contributed by atoms with Gasteiger partial charge in [-0.1, -0.05) is 11.6 Å². The van der Waals surface area contributed by atoms with Gasteiger partial charge in [-0.3, -0.25) is 14.9 Å². The van der Waals surface area contributed by atoms with Crippen molar-refractivity contribution in [1.29, 1.82) is 0 Å². The Balaban J connectivity index is 1.92. The summed E-state index contributed by atoms with van der Waals surface area (Å²) in [5.41, 5.74) is 2.06. The van der Waals surface area contributed by atoms with Gasteiger partial charge in [0, 0.05) is 38.9 Å². The second-order valence-corrected chi connectivity index (χ2v) is 6.23. The molecule has 3 rings (SSSR count). The summed E-state index contributed by atoms with van der Waals surface area (Å²) in [6.07, 6.45) is 1.77. The van der Waals surface area contributed by atoms with Gasteiger partial charge in [-0.15, -0.1) is 11.8 Å². The first-order chi connectivity index (χ1) is 10.5. The van der Waals surface area contributed by atoms with E-state index in [4.69, 9.17) is 11.6 Å². The third-order valence-corrected chi connectivity index (χ3v) is 4.66. The number of Topliss-reactive ketones (excluding diaryl/α,β-unsaturated/α-hetero) is 1. The van der Waals surface area contributed by atoms with E-state index in [1.165, 1.54) is 12.1 Å². The molecule has 0 fully saturated rings. The number of rotatable bonds is 2. The van der Waals surface area contributed by atoms with Gasteiger partial charge in [-0.25, -0.2) is 0 Å². The van der Waals surface area contributed by atoms with Gasteiger partial charge in [0.15, 0.2) is 5.78 Å². The Labute approximate surface area is 135 Å². The fraction of sp³-hybridized carbons (Fsp3) is 0.0625. The molecule has 1 heterocycles. The van der Waals surface area contributed by atoms with Crippen molar-refractivity contribution < 1.29 is 9.72 Å². The summed E-state index contributed by atoms with van der Waals surface area (Å²) >= 11 is 7.53. The summed E-state index contributed by atoms with van der Waals surface area (Å²) in [4.78, 5) is 23.6. The fourth-order valence-electron chi connectivity index (χ4n) is 2.20. The van der Waals surface area contributed by atoms with Crippen LogP contribution in [0.5, 0.6) is 0 Å². The number of non-ortho nitro benzene ring substituents is 1. The first kappa shape index (κ1) is 14.8. The number of nitrogens with zero attached hydrogens (tertiary/aromatic N) is 1. The standard InChI is InChI=1S/C16H10ClNO3S/c17-12-3-6-15-14(8-12)16(19)11(9-22-15)7-10-1-4-13(5-2-10)18(20)21/h1-8H,9H2/b11-7+. The molecule has 2 aromatic carbocycles. The van der Waals surface area contributed by atoms with Gasteiger partial charge in [0.1, 0.15) is 0 Å². The Hall–Kier alpha value is -2.11. The van der Waals surface area contributed by atoms with Crippen molar-refractivity contribution in [2.24, 2.45) is 0 Å². The molecule has 0 aromatic heterocycles. The lowest BCUT2D eigenvalue weighted by atomic mass is 10.0. The van der Waals surface area contributed by atoms with E-state index < -0.39 is 4.92 Å². The molecule has 1 aliphatic rings. The van der Waals surface area contributed by atoms with Crippen LogP contribution in [0.15, 0.2) is 52.9 Å². The smallest absolute Gasteiger partial charge is 0.269 e. The fourth-order valence-corrected chi connectivity index (χ4v) is 3.37. The summed E-state index contributed by atoms with van der Waals surface area (Å²) in [5.74, 6) is 0.527. The van der Waals surface area contributed by atoms with Gasteiger partial charge >= 0.3 is 0 Å². The van der Waals surface area contributed by atoms with E-state index in [1.54, 1.807) is 42.1 Å². The lowest BCUT2D eigenvalue weighted by molar-refractivity contribution is -0.384. The Bertz CT molecular complexity index is 800. The first-order valence-corrected chi connectivity index (χ1v) is 7.83. The molecule has 2 aromatic rings. The molecule has 6 heteroatoms. The monoisotopic (exact) mass is 331 g/mol. The average molecular weight is 332 g/mol. The molecule has 0 unspecified atom stereocenters. The summed E-state index contributed by atoms with van der Waals surface area (Å²) in [5, 5.41) is 11.2. The largest absolute Gasteiger partial charge is 0.289 e. The molecule has 110 valence electrons. The van der Waals surface area contributed by atoms with Crippen molar-refractivity contribution >= 4 is 40.9 Å². The quantitative estimate of drug-likeness (QED) is 0.457. The van der Waals surface area contributed by atoms with E-state index in [1.807, 2.05) is 6.07 Å². The van der Waals surface area contributed by atoms with E-state index in [0.717, 1.165) is 10.5 Å². The zero-order chi connectivity index (χ0) is 15.7. The predicted octanol–water partition coefficient (Wildman–Crippen LogP) is 4.62. The molecule has 0 aliphatic carbocycles. The van der Waals surface area contributed by atoms with Crippen LogP contribution in [0.3, 0.4) is 0 Å². The highest BCUT2D eigenvalue weighted by Crippen LogP contribution is 2.34. The number of benzene rings is 2. The molecule has 0 amide bonds. The van der Waals surface area contributed by atoms with E-state index in [9.17, 15) is 14.9 Å². The number of fused-ring (bicyclic) bond motifs is 1. The lowest BCUT2D eigenvalue weighted by Gasteiger charge is -2.17. The third-order valence-electron chi connectivity index (χ3n) is 3.31. The van der Waals surface area contributed by atoms with Crippen molar-refractivity contribution in [3.8, 4) is 0 Å². The number of hydrogen-bond donors (Lipinski definition) is 0. The molecule has 0 bridgehead atoms. The molecule has 0 radical (unpaired) electrons. The number of halogens is 1. The molecule has 0 saturated carbocycles. The highest BCUT2D eigenvalue weighted by molar-refractivity contribution is 7.99. The molecule has 1 aliphatic heterocycles.